The van der Waals surface area contributed by atoms with Crippen LogP contribution in [0.3, 0.4) is 0 Å². The molecule has 0 bridgehead atoms. The van der Waals surface area contributed by atoms with Crippen molar-refractivity contribution in [2.24, 2.45) is 5.73 Å². The third-order valence-corrected chi connectivity index (χ3v) is 4.51. The van der Waals surface area contributed by atoms with Crippen molar-refractivity contribution in [1.82, 2.24) is 4.90 Å². The summed E-state index contributed by atoms with van der Waals surface area (Å²) in [6.07, 6.45) is 0. The van der Waals surface area contributed by atoms with E-state index in [2.05, 4.69) is 22.2 Å². The van der Waals surface area contributed by atoms with Crippen molar-refractivity contribution in [3.63, 3.8) is 0 Å². The standard InChI is InChI=1S/C20H24N4O3/c1-23-9-11-24(12-10-23)17-7-5-16(6-8-17)22-19(25)14-27-18-4-2-3-15(13-18)20(21)26/h2-8,13H,9-12,14H2,1H3,(H2,21,26)(H,22,25). The van der Waals surface area contributed by atoms with Crippen LogP contribution in [0, 0.1) is 0 Å². The Morgan fingerprint density at radius 1 is 1.07 bits per heavy atom. The number of amides is 2. The smallest absolute Gasteiger partial charge is 0.262 e. The number of ether oxygens (including phenoxy) is 1. The molecule has 0 spiro atoms. The molecule has 1 heterocycles. The first-order valence-corrected chi connectivity index (χ1v) is 8.87. The normalized spacial score (nSPS) is 14.6. The summed E-state index contributed by atoms with van der Waals surface area (Å²) in [4.78, 5) is 27.9. The van der Waals surface area contributed by atoms with Gasteiger partial charge >= 0.3 is 0 Å². The molecule has 0 saturated carbocycles. The second-order valence-corrected chi connectivity index (χ2v) is 6.57. The molecule has 27 heavy (non-hydrogen) atoms. The number of nitrogens with two attached hydrogens (primary N) is 1. The minimum Gasteiger partial charge on any atom is -0.484 e. The van der Waals surface area contributed by atoms with Gasteiger partial charge in [-0.25, -0.2) is 0 Å². The highest BCUT2D eigenvalue weighted by molar-refractivity contribution is 5.93. The first-order chi connectivity index (χ1) is 13.0. The number of piperazine rings is 1. The fraction of sp³-hybridized carbons (Fsp3) is 0.300. The van der Waals surface area contributed by atoms with E-state index in [1.54, 1.807) is 18.2 Å². The third-order valence-electron chi connectivity index (χ3n) is 4.51. The lowest BCUT2D eigenvalue weighted by Gasteiger charge is -2.34. The number of likely N-dealkylation sites (N-methyl/N-ethyl adjacent to an activating group) is 1. The van der Waals surface area contributed by atoms with Crippen LogP contribution in [0.2, 0.25) is 0 Å². The average Bonchev–Trinajstić information content (AvgIpc) is 2.68. The van der Waals surface area contributed by atoms with Gasteiger partial charge in [0.05, 0.1) is 0 Å². The lowest BCUT2D eigenvalue weighted by Crippen LogP contribution is -2.44. The Morgan fingerprint density at radius 3 is 2.44 bits per heavy atom. The number of benzene rings is 2. The van der Waals surface area contributed by atoms with Crippen molar-refractivity contribution < 1.29 is 14.3 Å². The van der Waals surface area contributed by atoms with Crippen molar-refractivity contribution in [2.45, 2.75) is 0 Å². The molecule has 0 aliphatic carbocycles. The number of primary amides is 1. The van der Waals surface area contributed by atoms with E-state index in [0.29, 0.717) is 17.0 Å². The number of anilines is 2. The highest BCUT2D eigenvalue weighted by Gasteiger charge is 2.14. The molecular weight excluding hydrogens is 344 g/mol. The van der Waals surface area contributed by atoms with Crippen LogP contribution in [0.5, 0.6) is 5.75 Å². The summed E-state index contributed by atoms with van der Waals surface area (Å²) in [6.45, 7) is 3.95. The van der Waals surface area contributed by atoms with E-state index < -0.39 is 5.91 Å². The van der Waals surface area contributed by atoms with Gasteiger partial charge in [0.2, 0.25) is 5.91 Å². The molecule has 2 aromatic rings. The van der Waals surface area contributed by atoms with E-state index in [0.717, 1.165) is 31.9 Å². The number of carbonyl (C=O) groups excluding carboxylic acids is 2. The Balaban J connectivity index is 1.50. The van der Waals surface area contributed by atoms with Gasteiger partial charge in [0, 0.05) is 43.1 Å². The minimum absolute atomic E-state index is 0.150. The van der Waals surface area contributed by atoms with Gasteiger partial charge in [-0.05, 0) is 49.5 Å². The topological polar surface area (TPSA) is 87.9 Å². The summed E-state index contributed by atoms with van der Waals surface area (Å²) < 4.78 is 5.43. The average molecular weight is 368 g/mol. The highest BCUT2D eigenvalue weighted by atomic mass is 16.5. The quantitative estimate of drug-likeness (QED) is 0.808. The van der Waals surface area contributed by atoms with Crippen LogP contribution < -0.4 is 20.7 Å². The molecule has 7 heteroatoms. The number of hydrogen-bond acceptors (Lipinski definition) is 5. The number of nitrogens with one attached hydrogen (secondary N) is 1. The van der Waals surface area contributed by atoms with Gasteiger partial charge in [-0.3, -0.25) is 9.59 Å². The number of nitrogens with zero attached hydrogens (tertiary/aromatic N) is 2. The Kier molecular flexibility index (Phi) is 5.93. The number of hydrogen-bond donors (Lipinski definition) is 2. The molecule has 1 aliphatic rings. The summed E-state index contributed by atoms with van der Waals surface area (Å²) in [7, 11) is 2.13. The molecule has 2 amide bonds. The van der Waals surface area contributed by atoms with Gasteiger partial charge in [-0.2, -0.15) is 0 Å². The third kappa shape index (κ3) is 5.21. The van der Waals surface area contributed by atoms with E-state index in [-0.39, 0.29) is 12.5 Å². The molecule has 0 radical (unpaired) electrons. The second kappa shape index (κ2) is 8.55. The molecule has 3 N–H and O–H groups in total. The Morgan fingerprint density at radius 2 is 1.78 bits per heavy atom. The summed E-state index contributed by atoms with van der Waals surface area (Å²) in [6, 6.07) is 14.2. The molecule has 3 rings (SSSR count). The predicted molar refractivity (Wildman–Crippen MR) is 105 cm³/mol. The lowest BCUT2D eigenvalue weighted by molar-refractivity contribution is -0.118. The Hall–Kier alpha value is -3.06. The SMILES string of the molecule is CN1CCN(c2ccc(NC(=O)COc3cccc(C(N)=O)c3)cc2)CC1. The zero-order chi connectivity index (χ0) is 19.2. The summed E-state index contributed by atoms with van der Waals surface area (Å²) in [5.41, 5.74) is 7.44. The van der Waals surface area contributed by atoms with Crippen molar-refractivity contribution in [2.75, 3.05) is 50.1 Å². The molecular formula is C20H24N4O3. The van der Waals surface area contributed by atoms with Crippen LogP contribution in [0.1, 0.15) is 10.4 Å². The summed E-state index contributed by atoms with van der Waals surface area (Å²) in [5, 5.41) is 2.80. The van der Waals surface area contributed by atoms with E-state index in [4.69, 9.17) is 10.5 Å². The fourth-order valence-electron chi connectivity index (χ4n) is 2.91. The largest absolute Gasteiger partial charge is 0.484 e. The van der Waals surface area contributed by atoms with Crippen LogP contribution in [0.25, 0.3) is 0 Å². The van der Waals surface area contributed by atoms with Gasteiger partial charge in [0.15, 0.2) is 6.61 Å². The van der Waals surface area contributed by atoms with Crippen LogP contribution >= 0.6 is 0 Å². The van der Waals surface area contributed by atoms with Crippen LogP contribution in [-0.4, -0.2) is 56.5 Å². The molecule has 142 valence electrons. The molecule has 0 unspecified atom stereocenters. The maximum absolute atomic E-state index is 12.1. The van der Waals surface area contributed by atoms with Crippen LogP contribution in [0.4, 0.5) is 11.4 Å². The van der Waals surface area contributed by atoms with E-state index in [1.165, 1.54) is 6.07 Å². The fourth-order valence-corrected chi connectivity index (χ4v) is 2.91. The Bertz CT molecular complexity index is 799. The van der Waals surface area contributed by atoms with E-state index in [1.807, 2.05) is 24.3 Å². The predicted octanol–water partition coefficient (Wildman–Crippen LogP) is 1.55. The molecule has 7 nitrogen and oxygen atoms in total. The second-order valence-electron chi connectivity index (χ2n) is 6.57. The monoisotopic (exact) mass is 368 g/mol. The number of rotatable bonds is 6. The zero-order valence-electron chi connectivity index (χ0n) is 15.4. The highest BCUT2D eigenvalue weighted by Crippen LogP contribution is 2.19. The maximum Gasteiger partial charge on any atom is 0.262 e. The van der Waals surface area contributed by atoms with Gasteiger partial charge in [0.1, 0.15) is 5.75 Å². The summed E-state index contributed by atoms with van der Waals surface area (Å²) in [5.74, 6) is -0.385. The Labute approximate surface area is 158 Å². The summed E-state index contributed by atoms with van der Waals surface area (Å²) >= 11 is 0. The molecule has 1 fully saturated rings. The minimum atomic E-state index is -0.537. The van der Waals surface area contributed by atoms with Crippen molar-refractivity contribution in [1.29, 1.82) is 0 Å². The van der Waals surface area contributed by atoms with E-state index in [9.17, 15) is 9.59 Å². The lowest BCUT2D eigenvalue weighted by atomic mass is 10.2. The van der Waals surface area contributed by atoms with Gasteiger partial charge in [-0.15, -0.1) is 0 Å². The number of carbonyl (C=O) groups is 2. The first kappa shape index (κ1) is 18.7. The van der Waals surface area contributed by atoms with Gasteiger partial charge < -0.3 is 25.6 Å². The molecule has 1 aliphatic heterocycles. The maximum atomic E-state index is 12.1. The van der Waals surface area contributed by atoms with E-state index >= 15 is 0 Å². The molecule has 0 aromatic heterocycles. The molecule has 2 aromatic carbocycles. The van der Waals surface area contributed by atoms with Crippen molar-refractivity contribution in [3.05, 3.63) is 54.1 Å². The van der Waals surface area contributed by atoms with Crippen LogP contribution in [0.15, 0.2) is 48.5 Å². The van der Waals surface area contributed by atoms with Gasteiger partial charge in [-0.1, -0.05) is 6.07 Å². The first-order valence-electron chi connectivity index (χ1n) is 8.87. The molecule has 1 saturated heterocycles. The van der Waals surface area contributed by atoms with Crippen LogP contribution in [-0.2, 0) is 4.79 Å². The van der Waals surface area contributed by atoms with Gasteiger partial charge in [0.25, 0.3) is 5.91 Å². The van der Waals surface area contributed by atoms with Crippen molar-refractivity contribution in [3.8, 4) is 5.75 Å². The van der Waals surface area contributed by atoms with Crippen molar-refractivity contribution >= 4 is 23.2 Å². The zero-order valence-corrected chi connectivity index (χ0v) is 15.4. The molecule has 0 atom stereocenters.